The quantitative estimate of drug-likeness (QED) is 0.738. The number of amides is 1. The van der Waals surface area contributed by atoms with Crippen molar-refractivity contribution < 1.29 is 9.32 Å². The van der Waals surface area contributed by atoms with Crippen LogP contribution < -0.4 is 15.5 Å². The van der Waals surface area contributed by atoms with Crippen molar-refractivity contribution in [3.8, 4) is 0 Å². The maximum atomic E-state index is 12.2. The van der Waals surface area contributed by atoms with Crippen LogP contribution in [0.5, 0.6) is 0 Å². The minimum absolute atomic E-state index is 0.221. The van der Waals surface area contributed by atoms with Gasteiger partial charge in [0.2, 0.25) is 0 Å². The summed E-state index contributed by atoms with van der Waals surface area (Å²) in [6, 6.07) is 12.5. The largest absolute Gasteiger partial charge is 0.378 e. The second-order valence-corrected chi connectivity index (χ2v) is 5.65. The lowest BCUT2D eigenvalue weighted by Gasteiger charge is -2.12. The monoisotopic (exact) mass is 338 g/mol. The molecule has 128 valence electrons. The SMILES string of the molecule is Cc1cc(Nc2ccc(C(=O)Nc3ccc(N(C)C)cc3)nn2)no1. The third-order valence-corrected chi connectivity index (χ3v) is 3.42. The second kappa shape index (κ2) is 7.00. The molecule has 1 aromatic carbocycles. The molecule has 0 aliphatic heterocycles. The van der Waals surface area contributed by atoms with Gasteiger partial charge in [0.25, 0.3) is 5.91 Å². The Kier molecular flexibility index (Phi) is 4.60. The maximum absolute atomic E-state index is 12.2. The summed E-state index contributed by atoms with van der Waals surface area (Å²) in [6.07, 6.45) is 0. The Balaban J connectivity index is 1.64. The predicted molar refractivity (Wildman–Crippen MR) is 95.3 cm³/mol. The molecule has 3 aromatic rings. The fraction of sp³-hybridized carbons (Fsp3) is 0.176. The number of aromatic nitrogens is 3. The van der Waals surface area contributed by atoms with Gasteiger partial charge in [-0.2, -0.15) is 0 Å². The van der Waals surface area contributed by atoms with E-state index in [-0.39, 0.29) is 11.6 Å². The highest BCUT2D eigenvalue weighted by molar-refractivity contribution is 6.02. The molecule has 0 spiro atoms. The smallest absolute Gasteiger partial charge is 0.276 e. The summed E-state index contributed by atoms with van der Waals surface area (Å²) in [5, 5.41) is 17.4. The lowest BCUT2D eigenvalue weighted by molar-refractivity contribution is 0.102. The molecule has 0 fully saturated rings. The number of anilines is 4. The summed E-state index contributed by atoms with van der Waals surface area (Å²) in [5.41, 5.74) is 1.97. The molecule has 2 aromatic heterocycles. The number of nitrogens with zero attached hydrogens (tertiary/aromatic N) is 4. The van der Waals surface area contributed by atoms with E-state index in [0.717, 1.165) is 5.69 Å². The summed E-state index contributed by atoms with van der Waals surface area (Å²) in [6.45, 7) is 1.79. The number of carbonyl (C=O) groups is 1. The molecule has 0 saturated carbocycles. The summed E-state index contributed by atoms with van der Waals surface area (Å²) in [5.74, 6) is 1.37. The molecule has 0 saturated heterocycles. The average molecular weight is 338 g/mol. The van der Waals surface area contributed by atoms with E-state index in [1.54, 1.807) is 25.1 Å². The zero-order valence-corrected chi connectivity index (χ0v) is 14.1. The molecule has 2 N–H and O–H groups in total. The molecule has 0 bridgehead atoms. The molecule has 8 heteroatoms. The summed E-state index contributed by atoms with van der Waals surface area (Å²) >= 11 is 0. The highest BCUT2D eigenvalue weighted by Crippen LogP contribution is 2.17. The van der Waals surface area contributed by atoms with Crippen LogP contribution in [-0.4, -0.2) is 35.4 Å². The van der Waals surface area contributed by atoms with Gasteiger partial charge in [-0.05, 0) is 43.3 Å². The van der Waals surface area contributed by atoms with Gasteiger partial charge in [0.05, 0.1) is 0 Å². The van der Waals surface area contributed by atoms with Crippen LogP contribution in [0.15, 0.2) is 47.0 Å². The molecule has 1 amide bonds. The first kappa shape index (κ1) is 16.4. The molecule has 0 atom stereocenters. The van der Waals surface area contributed by atoms with Crippen LogP contribution in [0.1, 0.15) is 16.2 Å². The highest BCUT2D eigenvalue weighted by atomic mass is 16.5. The van der Waals surface area contributed by atoms with E-state index >= 15 is 0 Å². The minimum Gasteiger partial charge on any atom is -0.378 e. The van der Waals surface area contributed by atoms with Gasteiger partial charge >= 0.3 is 0 Å². The minimum atomic E-state index is -0.325. The lowest BCUT2D eigenvalue weighted by Crippen LogP contribution is -2.15. The van der Waals surface area contributed by atoms with Gasteiger partial charge < -0.3 is 20.1 Å². The van der Waals surface area contributed by atoms with Crippen molar-refractivity contribution in [3.05, 3.63) is 53.9 Å². The van der Waals surface area contributed by atoms with Gasteiger partial charge in [-0.1, -0.05) is 5.16 Å². The van der Waals surface area contributed by atoms with Crippen LogP contribution in [0, 0.1) is 6.92 Å². The molecule has 25 heavy (non-hydrogen) atoms. The Morgan fingerprint density at radius 2 is 1.80 bits per heavy atom. The normalized spacial score (nSPS) is 10.4. The van der Waals surface area contributed by atoms with Crippen molar-refractivity contribution in [2.24, 2.45) is 0 Å². The summed E-state index contributed by atoms with van der Waals surface area (Å²) in [4.78, 5) is 14.2. The van der Waals surface area contributed by atoms with Crippen LogP contribution in [0.3, 0.4) is 0 Å². The Bertz CT molecular complexity index is 856. The molecule has 0 radical (unpaired) electrons. The van der Waals surface area contributed by atoms with Crippen molar-refractivity contribution in [3.63, 3.8) is 0 Å². The predicted octanol–water partition coefficient (Wildman–Crippen LogP) is 2.83. The van der Waals surface area contributed by atoms with Crippen LogP contribution in [0.2, 0.25) is 0 Å². The molecule has 0 unspecified atom stereocenters. The van der Waals surface area contributed by atoms with Gasteiger partial charge in [-0.3, -0.25) is 4.79 Å². The molecule has 8 nitrogen and oxygen atoms in total. The first-order chi connectivity index (χ1) is 12.0. The van der Waals surface area contributed by atoms with Crippen LogP contribution in [0.4, 0.5) is 23.0 Å². The third kappa shape index (κ3) is 4.11. The zero-order valence-electron chi connectivity index (χ0n) is 14.1. The van der Waals surface area contributed by atoms with E-state index in [1.165, 1.54) is 0 Å². The molecule has 0 aliphatic carbocycles. The Labute approximate surface area is 144 Å². The number of hydrogen-bond acceptors (Lipinski definition) is 7. The van der Waals surface area contributed by atoms with Crippen LogP contribution in [0.25, 0.3) is 0 Å². The zero-order chi connectivity index (χ0) is 17.8. The van der Waals surface area contributed by atoms with Crippen molar-refractivity contribution >= 4 is 28.9 Å². The number of carbonyl (C=O) groups excluding carboxylic acids is 1. The number of hydrogen-bond donors (Lipinski definition) is 2. The Morgan fingerprint density at radius 3 is 2.36 bits per heavy atom. The molecule has 2 heterocycles. The van der Waals surface area contributed by atoms with Crippen LogP contribution in [-0.2, 0) is 0 Å². The van der Waals surface area contributed by atoms with Gasteiger partial charge in [-0.15, -0.1) is 10.2 Å². The average Bonchev–Trinajstić information content (AvgIpc) is 3.01. The van der Waals surface area contributed by atoms with Crippen molar-refractivity contribution in [2.75, 3.05) is 29.6 Å². The molecular weight excluding hydrogens is 320 g/mol. The highest BCUT2D eigenvalue weighted by Gasteiger charge is 2.10. The van der Waals surface area contributed by atoms with E-state index < -0.39 is 0 Å². The van der Waals surface area contributed by atoms with Crippen LogP contribution >= 0.6 is 0 Å². The Morgan fingerprint density at radius 1 is 1.04 bits per heavy atom. The van der Waals surface area contributed by atoms with Gasteiger partial charge in [-0.25, -0.2) is 0 Å². The number of rotatable bonds is 5. The lowest BCUT2D eigenvalue weighted by atomic mass is 10.2. The molecule has 3 rings (SSSR count). The van der Waals surface area contributed by atoms with Crippen molar-refractivity contribution in [2.45, 2.75) is 6.92 Å². The van der Waals surface area contributed by atoms with Gasteiger partial charge in [0, 0.05) is 31.5 Å². The second-order valence-electron chi connectivity index (χ2n) is 5.65. The standard InChI is InChI=1S/C17H18N6O2/c1-11-10-16(22-25-11)19-15-9-8-14(20-21-15)17(24)18-12-4-6-13(7-5-12)23(2)3/h4-10H,1-3H3,(H,18,24)(H,19,21,22). The van der Waals surface area contributed by atoms with E-state index in [9.17, 15) is 4.79 Å². The van der Waals surface area contributed by atoms with Crippen molar-refractivity contribution in [1.82, 2.24) is 15.4 Å². The number of benzene rings is 1. The molecular formula is C17H18N6O2. The fourth-order valence-corrected chi connectivity index (χ4v) is 2.11. The van der Waals surface area contributed by atoms with E-state index in [2.05, 4.69) is 26.0 Å². The summed E-state index contributed by atoms with van der Waals surface area (Å²) in [7, 11) is 3.91. The summed E-state index contributed by atoms with van der Waals surface area (Å²) < 4.78 is 4.96. The number of aryl methyl sites for hydroxylation is 1. The number of nitrogens with one attached hydrogen (secondary N) is 2. The van der Waals surface area contributed by atoms with Crippen molar-refractivity contribution in [1.29, 1.82) is 0 Å². The first-order valence-corrected chi connectivity index (χ1v) is 7.64. The van der Waals surface area contributed by atoms with E-state index in [1.807, 2.05) is 43.3 Å². The fourth-order valence-electron chi connectivity index (χ4n) is 2.11. The maximum Gasteiger partial charge on any atom is 0.276 e. The topological polar surface area (TPSA) is 96.2 Å². The first-order valence-electron chi connectivity index (χ1n) is 7.64. The van der Waals surface area contributed by atoms with E-state index in [0.29, 0.717) is 23.1 Å². The van der Waals surface area contributed by atoms with Gasteiger partial charge in [0.15, 0.2) is 17.3 Å². The van der Waals surface area contributed by atoms with Gasteiger partial charge in [0.1, 0.15) is 5.76 Å². The third-order valence-electron chi connectivity index (χ3n) is 3.42. The van der Waals surface area contributed by atoms with E-state index in [4.69, 9.17) is 4.52 Å². The molecule has 0 aliphatic rings. The Hall–Kier alpha value is -3.42.